The molecular weight excluding hydrogens is 262 g/mol. The first-order valence-corrected chi connectivity index (χ1v) is 8.00. The lowest BCUT2D eigenvalue weighted by Gasteiger charge is -2.33. The van der Waals surface area contributed by atoms with Crippen LogP contribution < -0.4 is 10.6 Å². The molecule has 0 aromatic heterocycles. The number of amides is 1. The standard InChI is InChI=1S/C17H25N3O/c1-18-17(21)12-20-8-6-15(7-9-20)19-16-10-13-4-2-3-5-14(13)11-16/h2-5,15-16,19H,6-12H2,1H3,(H,18,21). The number of likely N-dealkylation sites (tertiary alicyclic amines) is 1. The number of nitrogens with one attached hydrogen (secondary N) is 2. The van der Waals surface area contributed by atoms with Crippen LogP contribution in [0.1, 0.15) is 24.0 Å². The maximum absolute atomic E-state index is 11.4. The molecule has 0 bridgehead atoms. The minimum absolute atomic E-state index is 0.118. The SMILES string of the molecule is CNC(=O)CN1CCC(NC2Cc3ccccc3C2)CC1. The van der Waals surface area contributed by atoms with Gasteiger partial charge in [-0.1, -0.05) is 24.3 Å². The molecule has 0 radical (unpaired) electrons. The molecule has 4 heteroatoms. The molecule has 1 aromatic carbocycles. The van der Waals surface area contributed by atoms with E-state index in [9.17, 15) is 4.79 Å². The minimum atomic E-state index is 0.118. The number of nitrogens with zero attached hydrogens (tertiary/aromatic N) is 1. The Bertz CT molecular complexity index is 470. The highest BCUT2D eigenvalue weighted by Crippen LogP contribution is 2.23. The predicted octanol–water partition coefficient (Wildman–Crippen LogP) is 0.954. The normalized spacial score (nSPS) is 20.4. The van der Waals surface area contributed by atoms with Crippen molar-refractivity contribution in [2.24, 2.45) is 0 Å². The van der Waals surface area contributed by atoms with Gasteiger partial charge >= 0.3 is 0 Å². The summed E-state index contributed by atoms with van der Waals surface area (Å²) < 4.78 is 0. The molecule has 1 aliphatic carbocycles. The number of hydrogen-bond acceptors (Lipinski definition) is 3. The largest absolute Gasteiger partial charge is 0.358 e. The number of carbonyl (C=O) groups excluding carboxylic acids is 1. The second-order valence-electron chi connectivity index (χ2n) is 6.26. The Kier molecular flexibility index (Phi) is 4.56. The number of likely N-dealkylation sites (N-methyl/N-ethyl adjacent to an activating group) is 1. The van der Waals surface area contributed by atoms with Crippen LogP contribution in [0, 0.1) is 0 Å². The van der Waals surface area contributed by atoms with Gasteiger partial charge in [-0.15, -0.1) is 0 Å². The quantitative estimate of drug-likeness (QED) is 0.867. The van der Waals surface area contributed by atoms with Crippen molar-refractivity contribution >= 4 is 5.91 Å². The van der Waals surface area contributed by atoms with Gasteiger partial charge in [0, 0.05) is 32.2 Å². The van der Waals surface area contributed by atoms with Crippen LogP contribution in [0.4, 0.5) is 0 Å². The summed E-state index contributed by atoms with van der Waals surface area (Å²) in [6, 6.07) is 9.98. The van der Waals surface area contributed by atoms with E-state index < -0.39 is 0 Å². The summed E-state index contributed by atoms with van der Waals surface area (Å²) in [6.07, 6.45) is 4.61. The summed E-state index contributed by atoms with van der Waals surface area (Å²) in [4.78, 5) is 13.6. The molecule has 0 spiro atoms. The molecule has 1 aromatic rings. The van der Waals surface area contributed by atoms with Crippen LogP contribution in [0.15, 0.2) is 24.3 Å². The van der Waals surface area contributed by atoms with Crippen LogP contribution in [-0.2, 0) is 17.6 Å². The molecule has 21 heavy (non-hydrogen) atoms. The van der Waals surface area contributed by atoms with Crippen molar-refractivity contribution in [1.29, 1.82) is 0 Å². The zero-order chi connectivity index (χ0) is 14.7. The molecule has 2 aliphatic rings. The van der Waals surface area contributed by atoms with Gasteiger partial charge in [0.15, 0.2) is 0 Å². The third-order valence-corrected chi connectivity index (χ3v) is 4.76. The first-order chi connectivity index (χ1) is 10.2. The smallest absolute Gasteiger partial charge is 0.233 e. The van der Waals surface area contributed by atoms with E-state index in [2.05, 4.69) is 39.8 Å². The van der Waals surface area contributed by atoms with E-state index in [4.69, 9.17) is 0 Å². The Hall–Kier alpha value is -1.39. The van der Waals surface area contributed by atoms with Crippen molar-refractivity contribution in [2.75, 3.05) is 26.7 Å². The molecule has 4 nitrogen and oxygen atoms in total. The average Bonchev–Trinajstić information content (AvgIpc) is 2.91. The van der Waals surface area contributed by atoms with Gasteiger partial charge in [0.05, 0.1) is 6.54 Å². The monoisotopic (exact) mass is 287 g/mol. The highest BCUT2D eigenvalue weighted by atomic mass is 16.1. The molecule has 1 aliphatic heterocycles. The number of rotatable bonds is 4. The lowest BCUT2D eigenvalue weighted by Crippen LogP contribution is -2.48. The molecule has 2 N–H and O–H groups in total. The first kappa shape index (κ1) is 14.5. The van der Waals surface area contributed by atoms with E-state index in [1.165, 1.54) is 11.1 Å². The third-order valence-electron chi connectivity index (χ3n) is 4.76. The maximum atomic E-state index is 11.4. The lowest BCUT2D eigenvalue weighted by molar-refractivity contribution is -0.122. The van der Waals surface area contributed by atoms with Crippen LogP contribution >= 0.6 is 0 Å². The van der Waals surface area contributed by atoms with Gasteiger partial charge < -0.3 is 10.6 Å². The van der Waals surface area contributed by atoms with Crippen molar-refractivity contribution < 1.29 is 4.79 Å². The van der Waals surface area contributed by atoms with Crippen molar-refractivity contribution in [3.8, 4) is 0 Å². The van der Waals surface area contributed by atoms with Gasteiger partial charge in [0.2, 0.25) is 5.91 Å². The Morgan fingerprint density at radius 2 is 1.76 bits per heavy atom. The zero-order valence-electron chi connectivity index (χ0n) is 12.8. The highest BCUT2D eigenvalue weighted by Gasteiger charge is 2.26. The minimum Gasteiger partial charge on any atom is -0.358 e. The summed E-state index contributed by atoms with van der Waals surface area (Å²) in [5.74, 6) is 0.118. The maximum Gasteiger partial charge on any atom is 0.233 e. The molecule has 0 atom stereocenters. The molecule has 1 amide bonds. The van der Waals surface area contributed by atoms with Crippen molar-refractivity contribution in [3.05, 3.63) is 35.4 Å². The molecule has 0 unspecified atom stereocenters. The number of hydrogen-bond donors (Lipinski definition) is 2. The second-order valence-corrected chi connectivity index (χ2v) is 6.26. The number of fused-ring (bicyclic) bond motifs is 1. The fraction of sp³-hybridized carbons (Fsp3) is 0.588. The highest BCUT2D eigenvalue weighted by molar-refractivity contribution is 5.77. The fourth-order valence-corrected chi connectivity index (χ4v) is 3.55. The van der Waals surface area contributed by atoms with Gasteiger partial charge in [0.1, 0.15) is 0 Å². The first-order valence-electron chi connectivity index (χ1n) is 8.00. The molecule has 1 heterocycles. The van der Waals surface area contributed by atoms with E-state index in [1.807, 2.05) is 0 Å². The van der Waals surface area contributed by atoms with Crippen LogP contribution in [0.2, 0.25) is 0 Å². The van der Waals surface area contributed by atoms with E-state index in [0.29, 0.717) is 18.6 Å². The molecule has 114 valence electrons. The summed E-state index contributed by atoms with van der Waals surface area (Å²) in [6.45, 7) is 2.58. The second kappa shape index (κ2) is 6.58. The summed E-state index contributed by atoms with van der Waals surface area (Å²) in [5, 5.41) is 6.52. The fourth-order valence-electron chi connectivity index (χ4n) is 3.55. The van der Waals surface area contributed by atoms with Crippen LogP contribution in [-0.4, -0.2) is 49.6 Å². The van der Waals surface area contributed by atoms with E-state index in [0.717, 1.165) is 38.8 Å². The summed E-state index contributed by atoms with van der Waals surface area (Å²) >= 11 is 0. The van der Waals surface area contributed by atoms with Crippen LogP contribution in [0.5, 0.6) is 0 Å². The van der Waals surface area contributed by atoms with Crippen molar-refractivity contribution in [2.45, 2.75) is 37.8 Å². The van der Waals surface area contributed by atoms with Gasteiger partial charge in [-0.3, -0.25) is 9.69 Å². The molecular formula is C17H25N3O. The Morgan fingerprint density at radius 1 is 1.14 bits per heavy atom. The molecule has 1 saturated heterocycles. The predicted molar refractivity (Wildman–Crippen MR) is 84.3 cm³/mol. The zero-order valence-corrected chi connectivity index (χ0v) is 12.8. The van der Waals surface area contributed by atoms with Gasteiger partial charge in [-0.05, 0) is 36.8 Å². The topological polar surface area (TPSA) is 44.4 Å². The molecule has 1 fully saturated rings. The number of piperidine rings is 1. The lowest BCUT2D eigenvalue weighted by atomic mass is 10.0. The number of benzene rings is 1. The average molecular weight is 287 g/mol. The molecule has 0 saturated carbocycles. The number of carbonyl (C=O) groups is 1. The Balaban J connectivity index is 1.44. The van der Waals surface area contributed by atoms with Gasteiger partial charge in [-0.2, -0.15) is 0 Å². The summed E-state index contributed by atoms with van der Waals surface area (Å²) in [5.41, 5.74) is 3.01. The Labute approximate surface area is 126 Å². The van der Waals surface area contributed by atoms with E-state index >= 15 is 0 Å². The van der Waals surface area contributed by atoms with Crippen LogP contribution in [0.25, 0.3) is 0 Å². The van der Waals surface area contributed by atoms with Gasteiger partial charge in [-0.25, -0.2) is 0 Å². The Morgan fingerprint density at radius 3 is 2.33 bits per heavy atom. The van der Waals surface area contributed by atoms with Crippen molar-refractivity contribution in [3.63, 3.8) is 0 Å². The summed E-state index contributed by atoms with van der Waals surface area (Å²) in [7, 11) is 1.70. The van der Waals surface area contributed by atoms with Gasteiger partial charge in [0.25, 0.3) is 0 Å². The molecule has 3 rings (SSSR count). The van der Waals surface area contributed by atoms with E-state index in [1.54, 1.807) is 7.05 Å². The third kappa shape index (κ3) is 3.63. The van der Waals surface area contributed by atoms with E-state index in [-0.39, 0.29) is 5.91 Å². The van der Waals surface area contributed by atoms with Crippen LogP contribution in [0.3, 0.4) is 0 Å². The van der Waals surface area contributed by atoms with Crippen molar-refractivity contribution in [1.82, 2.24) is 15.5 Å².